The van der Waals surface area contributed by atoms with Gasteiger partial charge in [-0.05, 0) is 31.0 Å². The number of hydrogen-bond donors (Lipinski definition) is 2. The number of aromatic nitrogens is 1. The average molecular weight is 344 g/mol. The Balaban J connectivity index is 0.00000242. The minimum Gasteiger partial charge on any atom is -0.328 e. The van der Waals surface area contributed by atoms with Gasteiger partial charge in [-0.1, -0.05) is 12.1 Å². The maximum Gasteiger partial charge on any atom is 0.226 e. The number of carbonyl (C=O) groups excluding carboxylic acids is 1. The van der Waals surface area contributed by atoms with Gasteiger partial charge in [0.2, 0.25) is 5.91 Å². The van der Waals surface area contributed by atoms with E-state index in [4.69, 9.17) is 5.73 Å². The molecule has 2 aromatic rings. The zero-order valence-electron chi connectivity index (χ0n) is 12.2. The van der Waals surface area contributed by atoms with Gasteiger partial charge in [0, 0.05) is 30.0 Å². The van der Waals surface area contributed by atoms with Crippen molar-refractivity contribution in [3.05, 3.63) is 46.7 Å². The molecule has 4 nitrogen and oxygen atoms in total. The van der Waals surface area contributed by atoms with E-state index in [1.54, 1.807) is 12.3 Å². The molecule has 120 valence electrons. The van der Waals surface area contributed by atoms with Crippen molar-refractivity contribution in [2.45, 2.75) is 32.2 Å². The first kappa shape index (κ1) is 18.5. The summed E-state index contributed by atoms with van der Waals surface area (Å²) in [5.74, 6) is -0.333. The van der Waals surface area contributed by atoms with Gasteiger partial charge in [0.25, 0.3) is 0 Å². The number of nitrogens with two attached hydrogens (primary N) is 1. The third-order valence-electron chi connectivity index (χ3n) is 2.89. The second-order valence-corrected chi connectivity index (χ2v) is 6.12. The number of hydrogen-bond acceptors (Lipinski definition) is 4. The van der Waals surface area contributed by atoms with Crippen LogP contribution in [0, 0.1) is 5.82 Å². The van der Waals surface area contributed by atoms with Crippen LogP contribution in [0.5, 0.6) is 0 Å². The smallest absolute Gasteiger partial charge is 0.226 e. The molecule has 2 rings (SSSR count). The SMILES string of the molecule is CC(N)CCC(=O)Nc1ncc(Cc2cccc(F)c2)s1.Cl. The molecule has 3 N–H and O–H groups in total. The molecular weight excluding hydrogens is 325 g/mol. The molecule has 1 aromatic heterocycles. The fraction of sp³-hybridized carbons (Fsp3) is 0.333. The second-order valence-electron chi connectivity index (χ2n) is 5.00. The van der Waals surface area contributed by atoms with E-state index in [-0.39, 0.29) is 30.2 Å². The van der Waals surface area contributed by atoms with E-state index in [1.165, 1.54) is 23.5 Å². The van der Waals surface area contributed by atoms with Crippen molar-refractivity contribution in [1.29, 1.82) is 0 Å². The van der Waals surface area contributed by atoms with Crippen LogP contribution >= 0.6 is 23.7 Å². The highest BCUT2D eigenvalue weighted by Gasteiger charge is 2.08. The molecular formula is C15H19ClFN3OS. The molecule has 0 fully saturated rings. The maximum absolute atomic E-state index is 13.1. The lowest BCUT2D eigenvalue weighted by Gasteiger charge is -2.04. The Bertz CT molecular complexity index is 618. The summed E-state index contributed by atoms with van der Waals surface area (Å²) in [4.78, 5) is 16.8. The Morgan fingerprint density at radius 2 is 2.27 bits per heavy atom. The molecule has 0 aliphatic carbocycles. The van der Waals surface area contributed by atoms with Gasteiger partial charge in [0.1, 0.15) is 5.82 Å². The molecule has 1 aromatic carbocycles. The number of rotatable bonds is 6. The van der Waals surface area contributed by atoms with E-state index in [0.717, 1.165) is 10.4 Å². The molecule has 1 amide bonds. The van der Waals surface area contributed by atoms with E-state index in [1.807, 2.05) is 13.0 Å². The lowest BCUT2D eigenvalue weighted by Crippen LogP contribution is -2.19. The van der Waals surface area contributed by atoms with Crippen molar-refractivity contribution in [1.82, 2.24) is 4.98 Å². The molecule has 7 heteroatoms. The van der Waals surface area contributed by atoms with Crippen LogP contribution < -0.4 is 11.1 Å². The first-order valence-corrected chi connectivity index (χ1v) is 7.59. The zero-order chi connectivity index (χ0) is 15.2. The minimum absolute atomic E-state index is 0. The van der Waals surface area contributed by atoms with Crippen LogP contribution in [0.2, 0.25) is 0 Å². The van der Waals surface area contributed by atoms with Gasteiger partial charge in [-0.15, -0.1) is 23.7 Å². The van der Waals surface area contributed by atoms with E-state index in [9.17, 15) is 9.18 Å². The Morgan fingerprint density at radius 3 is 2.95 bits per heavy atom. The molecule has 0 bridgehead atoms. The highest BCUT2D eigenvalue weighted by atomic mass is 35.5. The highest BCUT2D eigenvalue weighted by Crippen LogP contribution is 2.21. The van der Waals surface area contributed by atoms with Crippen molar-refractivity contribution < 1.29 is 9.18 Å². The maximum atomic E-state index is 13.1. The Hall–Kier alpha value is -1.50. The number of nitrogens with one attached hydrogen (secondary N) is 1. The predicted molar refractivity (Wildman–Crippen MR) is 90.1 cm³/mol. The van der Waals surface area contributed by atoms with Gasteiger partial charge in [0.05, 0.1) is 0 Å². The van der Waals surface area contributed by atoms with Crippen LogP contribution in [0.25, 0.3) is 0 Å². The summed E-state index contributed by atoms with van der Waals surface area (Å²) in [6, 6.07) is 6.48. The lowest BCUT2D eigenvalue weighted by atomic mass is 10.1. The van der Waals surface area contributed by atoms with E-state index in [2.05, 4.69) is 10.3 Å². The Morgan fingerprint density at radius 1 is 1.50 bits per heavy atom. The highest BCUT2D eigenvalue weighted by molar-refractivity contribution is 7.15. The van der Waals surface area contributed by atoms with Gasteiger partial charge in [-0.2, -0.15) is 0 Å². The van der Waals surface area contributed by atoms with Crippen molar-refractivity contribution in [3.63, 3.8) is 0 Å². The summed E-state index contributed by atoms with van der Waals surface area (Å²) >= 11 is 1.40. The number of thiazole rings is 1. The average Bonchev–Trinajstić information content (AvgIpc) is 2.83. The number of anilines is 1. The third kappa shape index (κ3) is 6.09. The van der Waals surface area contributed by atoms with Crippen LogP contribution in [-0.2, 0) is 11.2 Å². The van der Waals surface area contributed by atoms with Crippen LogP contribution in [0.4, 0.5) is 9.52 Å². The van der Waals surface area contributed by atoms with Crippen LogP contribution in [0.15, 0.2) is 30.5 Å². The normalized spacial score (nSPS) is 11.6. The number of carbonyl (C=O) groups is 1. The predicted octanol–water partition coefficient (Wildman–Crippen LogP) is 3.36. The fourth-order valence-electron chi connectivity index (χ4n) is 1.84. The Kier molecular flexibility index (Phi) is 7.44. The van der Waals surface area contributed by atoms with Crippen molar-refractivity contribution >= 4 is 34.8 Å². The molecule has 1 unspecified atom stereocenters. The van der Waals surface area contributed by atoms with Crippen molar-refractivity contribution in [2.24, 2.45) is 5.73 Å². The molecule has 0 spiro atoms. The van der Waals surface area contributed by atoms with Crippen molar-refractivity contribution in [3.8, 4) is 0 Å². The molecule has 22 heavy (non-hydrogen) atoms. The van der Waals surface area contributed by atoms with Crippen LogP contribution in [-0.4, -0.2) is 16.9 Å². The van der Waals surface area contributed by atoms with Gasteiger partial charge in [-0.3, -0.25) is 4.79 Å². The lowest BCUT2D eigenvalue weighted by molar-refractivity contribution is -0.116. The van der Waals surface area contributed by atoms with Gasteiger partial charge in [0.15, 0.2) is 5.13 Å². The summed E-state index contributed by atoms with van der Waals surface area (Å²) in [6.07, 6.45) is 3.34. The molecule has 0 aliphatic rings. The summed E-state index contributed by atoms with van der Waals surface area (Å²) in [6.45, 7) is 1.87. The minimum atomic E-state index is -0.249. The first-order valence-electron chi connectivity index (χ1n) is 6.77. The monoisotopic (exact) mass is 343 g/mol. The van der Waals surface area contributed by atoms with E-state index < -0.39 is 0 Å². The molecule has 1 heterocycles. The van der Waals surface area contributed by atoms with E-state index in [0.29, 0.717) is 24.4 Å². The third-order valence-corrected chi connectivity index (χ3v) is 3.81. The topological polar surface area (TPSA) is 68.0 Å². The first-order chi connectivity index (χ1) is 10.0. The molecule has 0 aliphatic heterocycles. The van der Waals surface area contributed by atoms with Crippen LogP contribution in [0.3, 0.4) is 0 Å². The number of halogens is 2. The zero-order valence-corrected chi connectivity index (χ0v) is 13.8. The number of amides is 1. The molecule has 0 radical (unpaired) electrons. The largest absolute Gasteiger partial charge is 0.328 e. The molecule has 0 saturated heterocycles. The van der Waals surface area contributed by atoms with Crippen molar-refractivity contribution in [2.75, 3.05) is 5.32 Å². The standard InChI is InChI=1S/C15H18FN3OS.ClH/c1-10(17)5-6-14(20)19-15-18-9-13(21-15)8-11-3-2-4-12(16)7-11;/h2-4,7,9-10H,5-6,8,17H2,1H3,(H,18,19,20);1H. The summed E-state index contributed by atoms with van der Waals surface area (Å²) in [7, 11) is 0. The quantitative estimate of drug-likeness (QED) is 0.845. The molecule has 1 atom stereocenters. The summed E-state index contributed by atoms with van der Waals surface area (Å²) in [5.41, 5.74) is 6.50. The summed E-state index contributed by atoms with van der Waals surface area (Å²) in [5, 5.41) is 3.32. The van der Waals surface area contributed by atoms with Gasteiger partial charge < -0.3 is 11.1 Å². The molecule has 0 saturated carbocycles. The number of nitrogens with zero attached hydrogens (tertiary/aromatic N) is 1. The summed E-state index contributed by atoms with van der Waals surface area (Å²) < 4.78 is 13.1. The van der Waals surface area contributed by atoms with Crippen LogP contribution in [0.1, 0.15) is 30.2 Å². The number of benzene rings is 1. The second kappa shape index (κ2) is 8.82. The van der Waals surface area contributed by atoms with Gasteiger partial charge >= 0.3 is 0 Å². The Labute approximate surface area is 139 Å². The fourth-order valence-corrected chi connectivity index (χ4v) is 2.70. The van der Waals surface area contributed by atoms with E-state index >= 15 is 0 Å². The van der Waals surface area contributed by atoms with Gasteiger partial charge in [-0.25, -0.2) is 9.37 Å².